The van der Waals surface area contributed by atoms with E-state index in [2.05, 4.69) is 10.3 Å². The number of aromatic nitrogens is 3. The zero-order valence-corrected chi connectivity index (χ0v) is 11.9. The minimum Gasteiger partial charge on any atom is -0.274 e. The van der Waals surface area contributed by atoms with Crippen LogP contribution in [0.4, 0.5) is 5.82 Å². The fourth-order valence-electron chi connectivity index (χ4n) is 1.99. The van der Waals surface area contributed by atoms with Crippen molar-refractivity contribution in [3.63, 3.8) is 0 Å². The van der Waals surface area contributed by atoms with Crippen molar-refractivity contribution < 1.29 is 14.4 Å². The molecular weight excluding hydrogens is 272 g/mol. The summed E-state index contributed by atoms with van der Waals surface area (Å²) in [6.45, 7) is 3.77. The van der Waals surface area contributed by atoms with Crippen LogP contribution in [-0.2, 0) is 9.59 Å². The third kappa shape index (κ3) is 2.71. The number of anilines is 1. The van der Waals surface area contributed by atoms with Gasteiger partial charge in [0.2, 0.25) is 17.7 Å². The molecule has 0 saturated heterocycles. The molecule has 108 valence electrons. The number of amides is 2. The largest absolute Gasteiger partial charge is 0.274 e. The van der Waals surface area contributed by atoms with E-state index in [4.69, 9.17) is 0 Å². The summed E-state index contributed by atoms with van der Waals surface area (Å²) in [4.78, 5) is 36.1. The van der Waals surface area contributed by atoms with Gasteiger partial charge in [-0.15, -0.1) is 5.10 Å². The molecule has 0 aliphatic rings. The quantitative estimate of drug-likeness (QED) is 0.835. The highest BCUT2D eigenvalue weighted by Crippen LogP contribution is 2.28. The monoisotopic (exact) mass is 286 g/mol. The summed E-state index contributed by atoms with van der Waals surface area (Å²) < 4.78 is 0.950. The molecule has 0 spiro atoms. The summed E-state index contributed by atoms with van der Waals surface area (Å²) in [7, 11) is 0. The van der Waals surface area contributed by atoms with Gasteiger partial charge in [-0.25, -0.2) is 4.90 Å². The highest BCUT2D eigenvalue weighted by Gasteiger charge is 2.28. The van der Waals surface area contributed by atoms with Gasteiger partial charge in [-0.05, 0) is 0 Å². The molecule has 0 atom stereocenters. The molecule has 0 N–H and O–H groups in total. The number of hydrogen-bond donors (Lipinski definition) is 0. The molecule has 1 heterocycles. The van der Waals surface area contributed by atoms with Crippen molar-refractivity contribution >= 4 is 23.5 Å². The predicted octanol–water partition coefficient (Wildman–Crippen LogP) is 1.50. The van der Waals surface area contributed by atoms with Crippen LogP contribution in [0.25, 0.3) is 11.3 Å². The van der Waals surface area contributed by atoms with Gasteiger partial charge in [0.15, 0.2) is 5.82 Å². The molecule has 7 heteroatoms. The van der Waals surface area contributed by atoms with Crippen LogP contribution in [0.1, 0.15) is 25.6 Å². The molecule has 1 aromatic carbocycles. The Kier molecular flexibility index (Phi) is 3.93. The topological polar surface area (TPSA) is 85.2 Å². The molecule has 0 bridgehead atoms. The molecule has 0 aliphatic carbocycles. The van der Waals surface area contributed by atoms with Gasteiger partial charge in [0.25, 0.3) is 0 Å². The molecule has 2 aromatic rings. The Labute approximate surface area is 121 Å². The Morgan fingerprint density at radius 2 is 1.57 bits per heavy atom. The zero-order chi connectivity index (χ0) is 15.6. The van der Waals surface area contributed by atoms with Crippen LogP contribution in [0.3, 0.4) is 0 Å². The van der Waals surface area contributed by atoms with E-state index >= 15 is 0 Å². The van der Waals surface area contributed by atoms with E-state index in [-0.39, 0.29) is 5.82 Å². The van der Waals surface area contributed by atoms with E-state index in [9.17, 15) is 14.4 Å². The second-order valence-electron chi connectivity index (χ2n) is 4.43. The number of rotatable bonds is 2. The first kappa shape index (κ1) is 14.6. The lowest BCUT2D eigenvalue weighted by Crippen LogP contribution is -2.36. The van der Waals surface area contributed by atoms with Crippen molar-refractivity contribution in [1.82, 2.24) is 15.0 Å². The summed E-state index contributed by atoms with van der Waals surface area (Å²) in [5, 5.41) is 7.69. The Hall–Kier alpha value is -2.83. The maximum Gasteiger partial charge on any atom is 0.247 e. The lowest BCUT2D eigenvalue weighted by Gasteiger charge is -2.18. The van der Waals surface area contributed by atoms with Gasteiger partial charge in [0, 0.05) is 26.3 Å². The molecule has 1 aromatic heterocycles. The van der Waals surface area contributed by atoms with Crippen molar-refractivity contribution in [2.45, 2.75) is 20.8 Å². The van der Waals surface area contributed by atoms with Gasteiger partial charge < -0.3 is 0 Å². The van der Waals surface area contributed by atoms with Crippen LogP contribution in [0.2, 0.25) is 0 Å². The second-order valence-corrected chi connectivity index (χ2v) is 4.43. The maximum absolute atomic E-state index is 11.8. The van der Waals surface area contributed by atoms with Crippen LogP contribution in [0, 0.1) is 0 Å². The van der Waals surface area contributed by atoms with Crippen molar-refractivity contribution in [2.24, 2.45) is 0 Å². The standard InChI is InChI=1S/C14H14N4O3/c1-9(19)17(10(2)20)14-13(12-7-5-4-6-8-12)15-16-18(14)11(3)21/h4-8H,1-3H3. The first-order valence-corrected chi connectivity index (χ1v) is 6.26. The Morgan fingerprint density at radius 3 is 2.05 bits per heavy atom. The fraction of sp³-hybridized carbons (Fsp3) is 0.214. The van der Waals surface area contributed by atoms with E-state index in [1.54, 1.807) is 24.3 Å². The molecule has 0 aliphatic heterocycles. The minimum absolute atomic E-state index is 0.0636. The molecule has 0 saturated carbocycles. The average molecular weight is 286 g/mol. The SMILES string of the molecule is CC(=O)N(C(C)=O)c1c(-c2ccccc2)nnn1C(C)=O. The molecule has 0 fully saturated rings. The third-order valence-electron chi connectivity index (χ3n) is 2.83. The molecule has 7 nitrogen and oxygen atoms in total. The van der Waals surface area contributed by atoms with Crippen molar-refractivity contribution in [2.75, 3.05) is 4.90 Å². The molecule has 21 heavy (non-hydrogen) atoms. The number of nitrogens with zero attached hydrogens (tertiary/aromatic N) is 4. The van der Waals surface area contributed by atoms with Gasteiger partial charge >= 0.3 is 0 Å². The van der Waals surface area contributed by atoms with Crippen molar-refractivity contribution in [3.05, 3.63) is 30.3 Å². The summed E-state index contributed by atoms with van der Waals surface area (Å²) in [6, 6.07) is 8.93. The Morgan fingerprint density at radius 1 is 1.00 bits per heavy atom. The van der Waals surface area contributed by atoms with Crippen LogP contribution in [0.15, 0.2) is 30.3 Å². The average Bonchev–Trinajstić information content (AvgIpc) is 2.83. The number of benzene rings is 1. The van der Waals surface area contributed by atoms with Gasteiger partial charge in [-0.1, -0.05) is 35.5 Å². The van der Waals surface area contributed by atoms with E-state index in [0.717, 1.165) is 9.58 Å². The second kappa shape index (κ2) is 5.66. The number of carbonyl (C=O) groups excluding carboxylic acids is 3. The predicted molar refractivity (Wildman–Crippen MR) is 75.6 cm³/mol. The zero-order valence-electron chi connectivity index (χ0n) is 11.9. The molecule has 0 radical (unpaired) electrons. The molecular formula is C14H14N4O3. The summed E-state index contributed by atoms with van der Waals surface area (Å²) in [5.74, 6) is -1.39. The summed E-state index contributed by atoms with van der Waals surface area (Å²) >= 11 is 0. The maximum atomic E-state index is 11.8. The van der Waals surface area contributed by atoms with Crippen LogP contribution < -0.4 is 4.90 Å². The molecule has 2 amide bonds. The first-order chi connectivity index (χ1) is 9.93. The van der Waals surface area contributed by atoms with Crippen LogP contribution in [-0.4, -0.2) is 32.7 Å². The molecule has 2 rings (SSSR count). The van der Waals surface area contributed by atoms with Gasteiger partial charge in [0.1, 0.15) is 5.69 Å². The summed E-state index contributed by atoms with van der Waals surface area (Å²) in [5.41, 5.74) is 0.962. The van der Waals surface area contributed by atoms with Gasteiger partial charge in [-0.2, -0.15) is 4.68 Å². The first-order valence-electron chi connectivity index (χ1n) is 6.26. The number of hydrogen-bond acceptors (Lipinski definition) is 5. The van der Waals surface area contributed by atoms with Crippen molar-refractivity contribution in [1.29, 1.82) is 0 Å². The van der Waals surface area contributed by atoms with E-state index in [1.165, 1.54) is 20.8 Å². The number of carbonyl (C=O) groups is 3. The Bertz CT molecular complexity index is 692. The van der Waals surface area contributed by atoms with Gasteiger partial charge in [0.05, 0.1) is 0 Å². The normalized spacial score (nSPS) is 10.2. The highest BCUT2D eigenvalue weighted by molar-refractivity contribution is 6.15. The smallest absolute Gasteiger partial charge is 0.247 e. The Balaban J connectivity index is 2.71. The number of imide groups is 1. The highest BCUT2D eigenvalue weighted by atomic mass is 16.2. The summed E-state index contributed by atoms with van der Waals surface area (Å²) in [6.07, 6.45) is 0. The minimum atomic E-state index is -0.510. The van der Waals surface area contributed by atoms with Crippen LogP contribution in [0.5, 0.6) is 0 Å². The molecule has 0 unspecified atom stereocenters. The lowest BCUT2D eigenvalue weighted by atomic mass is 10.1. The third-order valence-corrected chi connectivity index (χ3v) is 2.83. The lowest BCUT2D eigenvalue weighted by molar-refractivity contribution is -0.124. The van der Waals surface area contributed by atoms with Gasteiger partial charge in [-0.3, -0.25) is 14.4 Å². The van der Waals surface area contributed by atoms with Crippen molar-refractivity contribution in [3.8, 4) is 11.3 Å². The van der Waals surface area contributed by atoms with E-state index < -0.39 is 17.7 Å². The van der Waals surface area contributed by atoms with Crippen LogP contribution >= 0.6 is 0 Å². The van der Waals surface area contributed by atoms with E-state index in [0.29, 0.717) is 11.3 Å². The van der Waals surface area contributed by atoms with E-state index in [1.807, 2.05) is 6.07 Å². The fourth-order valence-corrected chi connectivity index (χ4v) is 1.99.